The molecule has 0 atom stereocenters. The minimum atomic E-state index is -0.542. The maximum atomic E-state index is 11.3. The average molecular weight is 442 g/mol. The van der Waals surface area contributed by atoms with Gasteiger partial charge in [0.25, 0.3) is 0 Å². The molecule has 2 aromatic carbocycles. The summed E-state index contributed by atoms with van der Waals surface area (Å²) >= 11 is 0. The summed E-state index contributed by atoms with van der Waals surface area (Å²) in [7, 11) is 3.29. The van der Waals surface area contributed by atoms with Crippen molar-refractivity contribution in [3.8, 4) is 17.2 Å². The fourth-order valence-electron chi connectivity index (χ4n) is 4.35. The molecule has 32 heavy (non-hydrogen) atoms. The van der Waals surface area contributed by atoms with Gasteiger partial charge in [-0.05, 0) is 36.2 Å². The Labute approximate surface area is 189 Å². The minimum Gasteiger partial charge on any atom is -0.502 e. The van der Waals surface area contributed by atoms with Gasteiger partial charge in [-0.1, -0.05) is 32.6 Å². The smallest absolute Gasteiger partial charge is 0.311 e. The van der Waals surface area contributed by atoms with Crippen LogP contribution in [0.3, 0.4) is 0 Å². The Bertz CT molecular complexity index is 1000. The molecule has 0 spiro atoms. The first-order valence-corrected chi connectivity index (χ1v) is 11.3. The molecule has 7 nitrogen and oxygen atoms in total. The highest BCUT2D eigenvalue weighted by molar-refractivity contribution is 5.99. The van der Waals surface area contributed by atoms with Gasteiger partial charge in [0.15, 0.2) is 29.5 Å². The Hall–Kier alpha value is -3.09. The largest absolute Gasteiger partial charge is 0.502 e. The van der Waals surface area contributed by atoms with E-state index in [-0.39, 0.29) is 11.4 Å². The second-order valence-electron chi connectivity index (χ2n) is 8.23. The Morgan fingerprint density at radius 3 is 2.47 bits per heavy atom. The molecule has 0 bridgehead atoms. The SMILES string of the molecule is CCCCCCCC1=[N+](Cc2ccc(O)c([N+](=O)[O-])c2)CCc2cc(OC)c(OC)cc21. The number of fused-ring (bicyclic) bond motifs is 1. The van der Waals surface area contributed by atoms with Crippen LogP contribution in [0, 0.1) is 10.1 Å². The molecule has 0 fully saturated rings. The van der Waals surface area contributed by atoms with Crippen molar-refractivity contribution in [3.63, 3.8) is 0 Å². The van der Waals surface area contributed by atoms with Crippen LogP contribution in [0.4, 0.5) is 5.69 Å². The van der Waals surface area contributed by atoms with Gasteiger partial charge in [0.2, 0.25) is 0 Å². The van der Waals surface area contributed by atoms with Gasteiger partial charge >= 0.3 is 5.69 Å². The van der Waals surface area contributed by atoms with Crippen LogP contribution in [-0.2, 0) is 13.0 Å². The lowest BCUT2D eigenvalue weighted by molar-refractivity contribution is -0.545. The molecule has 0 saturated carbocycles. The lowest BCUT2D eigenvalue weighted by Crippen LogP contribution is -2.30. The second kappa shape index (κ2) is 11.0. The lowest BCUT2D eigenvalue weighted by atomic mass is 9.92. The van der Waals surface area contributed by atoms with Crippen LogP contribution in [0.15, 0.2) is 30.3 Å². The van der Waals surface area contributed by atoms with Crippen molar-refractivity contribution in [2.75, 3.05) is 20.8 Å². The van der Waals surface area contributed by atoms with Crippen LogP contribution in [0.1, 0.15) is 62.1 Å². The van der Waals surface area contributed by atoms with Gasteiger partial charge in [-0.15, -0.1) is 0 Å². The zero-order chi connectivity index (χ0) is 23.1. The van der Waals surface area contributed by atoms with Gasteiger partial charge in [0.1, 0.15) is 6.54 Å². The quantitative estimate of drug-likeness (QED) is 0.223. The number of rotatable bonds is 11. The van der Waals surface area contributed by atoms with Crippen LogP contribution in [-0.4, -0.2) is 41.1 Å². The van der Waals surface area contributed by atoms with Crippen molar-refractivity contribution >= 4 is 11.4 Å². The van der Waals surface area contributed by atoms with Crippen LogP contribution < -0.4 is 9.47 Å². The van der Waals surface area contributed by atoms with Crippen LogP contribution in [0.5, 0.6) is 17.2 Å². The van der Waals surface area contributed by atoms with E-state index in [9.17, 15) is 15.2 Å². The highest BCUT2D eigenvalue weighted by Gasteiger charge is 2.28. The molecule has 0 radical (unpaired) electrons. The summed E-state index contributed by atoms with van der Waals surface area (Å²) in [5.74, 6) is 1.13. The molecular formula is C25H33N2O5+. The third kappa shape index (κ3) is 5.39. The number of nitrogens with zero attached hydrogens (tertiary/aromatic N) is 2. The Balaban J connectivity index is 1.97. The Morgan fingerprint density at radius 1 is 1.06 bits per heavy atom. The maximum Gasteiger partial charge on any atom is 0.311 e. The third-order valence-electron chi connectivity index (χ3n) is 6.08. The number of ether oxygens (including phenoxy) is 2. The van der Waals surface area contributed by atoms with E-state index in [0.29, 0.717) is 12.3 Å². The monoisotopic (exact) mass is 441 g/mol. The molecule has 0 amide bonds. The molecule has 2 aromatic rings. The first kappa shape index (κ1) is 23.6. The molecule has 3 rings (SSSR count). The van der Waals surface area contributed by atoms with E-state index in [1.807, 2.05) is 0 Å². The van der Waals surface area contributed by atoms with Gasteiger partial charge in [0, 0.05) is 30.0 Å². The summed E-state index contributed by atoms with van der Waals surface area (Å²) in [6, 6.07) is 8.75. The van der Waals surface area contributed by atoms with E-state index in [0.717, 1.165) is 42.7 Å². The average Bonchev–Trinajstić information content (AvgIpc) is 2.79. The van der Waals surface area contributed by atoms with Crippen molar-refractivity contribution < 1.29 is 24.1 Å². The molecule has 1 aliphatic heterocycles. The van der Waals surface area contributed by atoms with Crippen LogP contribution in [0.2, 0.25) is 0 Å². The van der Waals surface area contributed by atoms with Crippen molar-refractivity contribution in [3.05, 3.63) is 57.1 Å². The predicted molar refractivity (Wildman–Crippen MR) is 124 cm³/mol. The van der Waals surface area contributed by atoms with E-state index in [2.05, 4.69) is 23.6 Å². The van der Waals surface area contributed by atoms with E-state index in [1.54, 1.807) is 20.3 Å². The molecule has 0 aliphatic carbocycles. The number of nitro benzene ring substituents is 1. The number of benzene rings is 2. The Morgan fingerprint density at radius 2 is 1.78 bits per heavy atom. The van der Waals surface area contributed by atoms with Crippen LogP contribution in [0.25, 0.3) is 0 Å². The molecule has 1 heterocycles. The fourth-order valence-corrected chi connectivity index (χ4v) is 4.35. The summed E-state index contributed by atoms with van der Waals surface area (Å²) in [6.07, 6.45) is 7.75. The molecule has 0 unspecified atom stereocenters. The van der Waals surface area contributed by atoms with E-state index >= 15 is 0 Å². The van der Waals surface area contributed by atoms with Gasteiger partial charge in [-0.25, -0.2) is 4.58 Å². The summed E-state index contributed by atoms with van der Waals surface area (Å²) < 4.78 is 13.4. The van der Waals surface area contributed by atoms with Crippen molar-refractivity contribution in [2.24, 2.45) is 0 Å². The third-order valence-corrected chi connectivity index (χ3v) is 6.08. The first-order chi connectivity index (χ1) is 15.5. The number of methoxy groups -OCH3 is 2. The number of hydrogen-bond acceptors (Lipinski definition) is 5. The Kier molecular flexibility index (Phi) is 8.09. The summed E-state index contributed by atoms with van der Waals surface area (Å²) in [5, 5.41) is 21.1. The van der Waals surface area contributed by atoms with Crippen LogP contribution >= 0.6 is 0 Å². The van der Waals surface area contributed by atoms with Gasteiger partial charge < -0.3 is 14.6 Å². The topological polar surface area (TPSA) is 84.8 Å². The summed E-state index contributed by atoms with van der Waals surface area (Å²) in [5.41, 5.74) is 4.19. The number of nitro groups is 1. The van der Waals surface area contributed by atoms with Gasteiger partial charge in [-0.2, -0.15) is 0 Å². The molecule has 7 heteroatoms. The number of phenols is 1. The summed E-state index contributed by atoms with van der Waals surface area (Å²) in [6.45, 7) is 3.59. The zero-order valence-corrected chi connectivity index (χ0v) is 19.2. The maximum absolute atomic E-state index is 11.3. The minimum absolute atomic E-state index is 0.257. The fraction of sp³-hybridized carbons (Fsp3) is 0.480. The molecule has 1 N–H and O–H groups in total. The number of hydrogen-bond donors (Lipinski definition) is 1. The second-order valence-corrected chi connectivity index (χ2v) is 8.23. The van der Waals surface area contributed by atoms with Crippen molar-refractivity contribution in [1.29, 1.82) is 0 Å². The first-order valence-electron chi connectivity index (χ1n) is 11.3. The molecule has 172 valence electrons. The molecule has 0 saturated heterocycles. The number of unbranched alkanes of at least 4 members (excludes halogenated alkanes) is 4. The molecule has 1 aliphatic rings. The highest BCUT2D eigenvalue weighted by atomic mass is 16.6. The van der Waals surface area contributed by atoms with Gasteiger partial charge in [-0.3, -0.25) is 10.1 Å². The number of phenolic OH excluding ortho intramolecular Hbond substituents is 1. The summed E-state index contributed by atoms with van der Waals surface area (Å²) in [4.78, 5) is 10.7. The van der Waals surface area contributed by atoms with E-state index < -0.39 is 4.92 Å². The normalized spacial score (nSPS) is 13.1. The highest BCUT2D eigenvalue weighted by Crippen LogP contribution is 2.34. The zero-order valence-electron chi connectivity index (χ0n) is 19.2. The van der Waals surface area contributed by atoms with E-state index in [4.69, 9.17) is 9.47 Å². The predicted octanol–water partition coefficient (Wildman–Crippen LogP) is 5.24. The molecule has 0 aromatic heterocycles. The van der Waals surface area contributed by atoms with Gasteiger partial charge in [0.05, 0.1) is 19.1 Å². The lowest BCUT2D eigenvalue weighted by Gasteiger charge is -2.21. The van der Waals surface area contributed by atoms with E-state index in [1.165, 1.54) is 49.1 Å². The van der Waals surface area contributed by atoms with Crippen molar-refractivity contribution in [2.45, 2.75) is 58.4 Å². The standard InChI is InChI=1S/C25H32N2O5/c1-4-5-6-7-8-9-21-20-16-25(32-3)24(31-2)15-19(20)12-13-26(21)17-18-10-11-23(28)22(14-18)27(29)30/h10-11,14-16H,4-9,12-13,17H2,1-3H3/p+1. The van der Waals surface area contributed by atoms with Crippen molar-refractivity contribution in [1.82, 2.24) is 0 Å². The molecular weight excluding hydrogens is 408 g/mol. The number of aromatic hydroxyl groups is 1.